The molecule has 1 N–H and O–H groups in total. The Hall–Kier alpha value is -2.25. The van der Waals surface area contributed by atoms with Crippen LogP contribution in [0.4, 0.5) is 11.4 Å². The van der Waals surface area contributed by atoms with E-state index in [0.29, 0.717) is 23.1 Å². The van der Waals surface area contributed by atoms with Gasteiger partial charge in [0.2, 0.25) is 0 Å². The summed E-state index contributed by atoms with van der Waals surface area (Å²) >= 11 is 0. The van der Waals surface area contributed by atoms with Gasteiger partial charge in [0.25, 0.3) is 0 Å². The fourth-order valence-electron chi connectivity index (χ4n) is 1.93. The van der Waals surface area contributed by atoms with Crippen molar-refractivity contribution in [3.05, 3.63) is 40.6 Å². The quantitative estimate of drug-likeness (QED) is 0.494. The van der Waals surface area contributed by atoms with Gasteiger partial charge in [-0.05, 0) is 24.3 Å². The van der Waals surface area contributed by atoms with Crippen molar-refractivity contribution in [2.75, 3.05) is 26.1 Å². The highest BCUT2D eigenvalue weighted by atomic mass is 16.7. The Morgan fingerprint density at radius 2 is 2.10 bits per heavy atom. The first-order valence-corrected chi connectivity index (χ1v) is 5.99. The Balaban J connectivity index is 2.37. The smallest absolute Gasteiger partial charge is 0.301 e. The van der Waals surface area contributed by atoms with E-state index in [-0.39, 0.29) is 5.69 Å². The lowest BCUT2D eigenvalue weighted by atomic mass is 10.1. The molecule has 1 heterocycles. The number of nitro benzene ring substituents is 1. The maximum absolute atomic E-state index is 11.3. The molecule has 0 amide bonds. The normalized spacial score (nSPS) is 10.9. The minimum atomic E-state index is -0.473. The Kier molecular flexibility index (Phi) is 4.44. The third kappa shape index (κ3) is 2.84. The average molecular weight is 277 g/mol. The predicted octanol–water partition coefficient (Wildman–Crippen LogP) is 2.17. The first-order chi connectivity index (χ1) is 9.67. The second-order valence-electron chi connectivity index (χ2n) is 4.07. The van der Waals surface area contributed by atoms with Gasteiger partial charge in [-0.2, -0.15) is 0 Å². The number of ether oxygens (including phenoxy) is 2. The number of anilines is 1. The Bertz CT molecular complexity index is 614. The lowest BCUT2D eigenvalue weighted by molar-refractivity contribution is -0.382. The molecule has 0 spiro atoms. The van der Waals surface area contributed by atoms with Gasteiger partial charge in [-0.25, -0.2) is 0 Å². The Labute approximate surface area is 115 Å². The van der Waals surface area contributed by atoms with Crippen LogP contribution in [-0.4, -0.2) is 37.0 Å². The largest absolute Gasteiger partial charge is 0.374 e. The molecule has 1 aromatic heterocycles. The zero-order chi connectivity index (χ0) is 14.5. The first kappa shape index (κ1) is 14.2. The van der Waals surface area contributed by atoms with Crippen molar-refractivity contribution in [1.29, 1.82) is 0 Å². The van der Waals surface area contributed by atoms with Crippen molar-refractivity contribution in [3.8, 4) is 0 Å². The van der Waals surface area contributed by atoms with Crippen LogP contribution in [0.3, 0.4) is 0 Å². The number of benzene rings is 1. The first-order valence-electron chi connectivity index (χ1n) is 5.99. The summed E-state index contributed by atoms with van der Waals surface area (Å²) in [4.78, 5) is 15.0. The molecule has 7 heteroatoms. The molecule has 0 fully saturated rings. The van der Waals surface area contributed by atoms with E-state index in [1.807, 2.05) is 0 Å². The molecular weight excluding hydrogens is 262 g/mol. The van der Waals surface area contributed by atoms with Gasteiger partial charge in [0, 0.05) is 20.4 Å². The van der Waals surface area contributed by atoms with Crippen LogP contribution in [-0.2, 0) is 9.47 Å². The molecule has 0 radical (unpaired) electrons. The van der Waals surface area contributed by atoms with Gasteiger partial charge in [0.1, 0.15) is 5.69 Å². The molecule has 0 aliphatic heterocycles. The van der Waals surface area contributed by atoms with E-state index in [9.17, 15) is 10.1 Å². The maximum Gasteiger partial charge on any atom is 0.301 e. The number of methoxy groups -OCH3 is 2. The van der Waals surface area contributed by atoms with Crippen LogP contribution in [0.1, 0.15) is 0 Å². The molecule has 0 aliphatic carbocycles. The number of fused-ring (bicyclic) bond motifs is 1. The van der Waals surface area contributed by atoms with Gasteiger partial charge in [0.05, 0.1) is 22.4 Å². The van der Waals surface area contributed by atoms with Crippen molar-refractivity contribution in [1.82, 2.24) is 4.98 Å². The summed E-state index contributed by atoms with van der Waals surface area (Å²) in [5.41, 5.74) is 0.996. The van der Waals surface area contributed by atoms with Crippen LogP contribution in [0.5, 0.6) is 0 Å². The molecule has 0 aliphatic rings. The Morgan fingerprint density at radius 1 is 1.35 bits per heavy atom. The van der Waals surface area contributed by atoms with Crippen molar-refractivity contribution in [2.45, 2.75) is 6.29 Å². The van der Waals surface area contributed by atoms with E-state index in [1.54, 1.807) is 30.5 Å². The third-order valence-corrected chi connectivity index (χ3v) is 2.92. The molecule has 0 saturated heterocycles. The molecule has 0 saturated carbocycles. The van der Waals surface area contributed by atoms with Gasteiger partial charge in [-0.1, -0.05) is 0 Å². The van der Waals surface area contributed by atoms with E-state index >= 15 is 0 Å². The van der Waals surface area contributed by atoms with Crippen molar-refractivity contribution >= 4 is 22.3 Å². The number of nitrogens with zero attached hydrogens (tertiary/aromatic N) is 2. The summed E-state index contributed by atoms with van der Waals surface area (Å²) in [6.45, 7) is 0.305. The van der Waals surface area contributed by atoms with E-state index in [0.717, 1.165) is 0 Å². The minimum absolute atomic E-state index is 0.00144. The second-order valence-corrected chi connectivity index (χ2v) is 4.07. The predicted molar refractivity (Wildman–Crippen MR) is 74.7 cm³/mol. The zero-order valence-electron chi connectivity index (χ0n) is 11.2. The van der Waals surface area contributed by atoms with Gasteiger partial charge >= 0.3 is 5.69 Å². The van der Waals surface area contributed by atoms with Crippen LogP contribution in [0.2, 0.25) is 0 Å². The van der Waals surface area contributed by atoms with Crippen molar-refractivity contribution in [3.63, 3.8) is 0 Å². The van der Waals surface area contributed by atoms with Crippen LogP contribution in [0, 0.1) is 10.1 Å². The van der Waals surface area contributed by atoms with E-state index in [4.69, 9.17) is 9.47 Å². The van der Waals surface area contributed by atoms with Crippen molar-refractivity contribution < 1.29 is 14.4 Å². The topological polar surface area (TPSA) is 86.5 Å². The molecule has 1 aromatic carbocycles. The Morgan fingerprint density at radius 3 is 2.75 bits per heavy atom. The van der Waals surface area contributed by atoms with Crippen LogP contribution < -0.4 is 5.32 Å². The molecular formula is C13H15N3O4. The van der Waals surface area contributed by atoms with E-state index in [1.165, 1.54) is 14.2 Å². The SMILES string of the molecule is COC(CNc1ccc2ncccc2c1[N+](=O)[O-])OC. The fraction of sp³-hybridized carbons (Fsp3) is 0.308. The molecule has 7 nitrogen and oxygen atoms in total. The number of nitro groups is 1. The molecule has 2 rings (SSSR count). The molecule has 0 atom stereocenters. The van der Waals surface area contributed by atoms with E-state index in [2.05, 4.69) is 10.3 Å². The highest BCUT2D eigenvalue weighted by molar-refractivity contribution is 5.94. The summed E-state index contributed by atoms with van der Waals surface area (Å²) < 4.78 is 10.1. The highest BCUT2D eigenvalue weighted by Crippen LogP contribution is 2.32. The molecule has 2 aromatic rings. The van der Waals surface area contributed by atoms with Gasteiger partial charge < -0.3 is 14.8 Å². The van der Waals surface area contributed by atoms with Gasteiger partial charge in [-0.15, -0.1) is 0 Å². The number of hydrogen-bond acceptors (Lipinski definition) is 6. The number of nitrogens with one attached hydrogen (secondary N) is 1. The highest BCUT2D eigenvalue weighted by Gasteiger charge is 2.19. The minimum Gasteiger partial charge on any atom is -0.374 e. The summed E-state index contributed by atoms with van der Waals surface area (Å²) in [6, 6.07) is 6.72. The van der Waals surface area contributed by atoms with Gasteiger partial charge in [-0.3, -0.25) is 15.1 Å². The monoisotopic (exact) mass is 277 g/mol. The van der Waals surface area contributed by atoms with E-state index < -0.39 is 11.2 Å². The number of rotatable bonds is 6. The third-order valence-electron chi connectivity index (χ3n) is 2.92. The van der Waals surface area contributed by atoms with Crippen LogP contribution >= 0.6 is 0 Å². The summed E-state index contributed by atoms with van der Waals surface area (Å²) in [5, 5.41) is 14.8. The maximum atomic E-state index is 11.3. The number of pyridine rings is 1. The van der Waals surface area contributed by atoms with Crippen LogP contribution in [0.15, 0.2) is 30.5 Å². The molecule has 20 heavy (non-hydrogen) atoms. The molecule has 0 unspecified atom stereocenters. The van der Waals surface area contributed by atoms with Crippen molar-refractivity contribution in [2.24, 2.45) is 0 Å². The molecule has 106 valence electrons. The average Bonchev–Trinajstić information content (AvgIpc) is 2.47. The van der Waals surface area contributed by atoms with Gasteiger partial charge in [0.15, 0.2) is 6.29 Å². The lowest BCUT2D eigenvalue weighted by Gasteiger charge is -2.15. The zero-order valence-corrected chi connectivity index (χ0v) is 11.2. The summed E-state index contributed by atoms with van der Waals surface area (Å²) in [6.07, 6.45) is 1.13. The summed E-state index contributed by atoms with van der Waals surface area (Å²) in [7, 11) is 3.02. The standard InChI is InChI=1S/C13H15N3O4/c1-19-12(20-2)8-15-11-6-5-10-9(4-3-7-14-10)13(11)16(17)18/h3-7,12,15H,8H2,1-2H3. The fourth-order valence-corrected chi connectivity index (χ4v) is 1.93. The number of hydrogen-bond donors (Lipinski definition) is 1. The lowest BCUT2D eigenvalue weighted by Crippen LogP contribution is -2.23. The van der Waals surface area contributed by atoms with Crippen LogP contribution in [0.25, 0.3) is 10.9 Å². The number of aromatic nitrogens is 1. The summed E-state index contributed by atoms with van der Waals surface area (Å²) in [5.74, 6) is 0. The second kappa shape index (κ2) is 6.27. The molecule has 0 bridgehead atoms.